The normalized spacial score (nSPS) is 19.8. The van der Waals surface area contributed by atoms with Crippen LogP contribution in [0, 0.1) is 0 Å². The Kier molecular flexibility index (Phi) is 4.62. The Bertz CT molecular complexity index is 554. The van der Waals surface area contributed by atoms with Crippen molar-refractivity contribution in [2.45, 2.75) is 25.3 Å². The Labute approximate surface area is 125 Å². The van der Waals surface area contributed by atoms with Crippen molar-refractivity contribution in [3.8, 4) is 11.4 Å². The van der Waals surface area contributed by atoms with E-state index in [1.165, 1.54) is 12.8 Å². The van der Waals surface area contributed by atoms with E-state index in [4.69, 9.17) is 4.52 Å². The van der Waals surface area contributed by atoms with E-state index in [0.29, 0.717) is 11.9 Å². The van der Waals surface area contributed by atoms with E-state index < -0.39 is 0 Å². The maximum atomic E-state index is 5.36. The molecule has 5 nitrogen and oxygen atoms in total. The molecule has 0 saturated carbocycles. The number of hydrogen-bond donors (Lipinski definition) is 1. The average Bonchev–Trinajstić information content (AvgIpc) is 3.03. The SMILES string of the molecule is CNC1CCCN(CCc2nc(-c3ccccc3)no2)C1. The van der Waals surface area contributed by atoms with Crippen LogP contribution < -0.4 is 5.32 Å². The molecule has 2 aromatic rings. The van der Waals surface area contributed by atoms with E-state index >= 15 is 0 Å². The van der Waals surface area contributed by atoms with E-state index in [1.807, 2.05) is 37.4 Å². The average molecular weight is 286 g/mol. The minimum absolute atomic E-state index is 0.612. The Morgan fingerprint density at radius 2 is 2.19 bits per heavy atom. The summed E-state index contributed by atoms with van der Waals surface area (Å²) in [5, 5.41) is 7.43. The van der Waals surface area contributed by atoms with E-state index in [0.717, 1.165) is 37.5 Å². The van der Waals surface area contributed by atoms with Crippen LogP contribution in [0.1, 0.15) is 18.7 Å². The molecular formula is C16H22N4O. The summed E-state index contributed by atoms with van der Waals surface area (Å²) in [4.78, 5) is 6.95. The molecule has 1 unspecified atom stereocenters. The molecule has 0 aliphatic carbocycles. The van der Waals surface area contributed by atoms with E-state index in [2.05, 4.69) is 20.4 Å². The molecule has 1 saturated heterocycles. The number of likely N-dealkylation sites (tertiary alicyclic amines) is 1. The topological polar surface area (TPSA) is 54.2 Å². The molecule has 21 heavy (non-hydrogen) atoms. The van der Waals surface area contributed by atoms with Crippen LogP contribution in [-0.4, -0.2) is 47.8 Å². The first kappa shape index (κ1) is 14.2. The van der Waals surface area contributed by atoms with Crippen LogP contribution >= 0.6 is 0 Å². The monoisotopic (exact) mass is 286 g/mol. The van der Waals surface area contributed by atoms with Crippen LogP contribution in [-0.2, 0) is 6.42 Å². The predicted molar refractivity (Wildman–Crippen MR) is 82.0 cm³/mol. The third-order valence-corrected chi connectivity index (χ3v) is 4.06. The lowest BCUT2D eigenvalue weighted by Crippen LogP contribution is -2.44. The fourth-order valence-corrected chi connectivity index (χ4v) is 2.81. The van der Waals surface area contributed by atoms with Crippen molar-refractivity contribution < 1.29 is 4.52 Å². The molecule has 1 aromatic heterocycles. The maximum absolute atomic E-state index is 5.36. The zero-order chi connectivity index (χ0) is 14.5. The van der Waals surface area contributed by atoms with Gasteiger partial charge < -0.3 is 14.7 Å². The number of aromatic nitrogens is 2. The lowest BCUT2D eigenvalue weighted by Gasteiger charge is -2.32. The van der Waals surface area contributed by atoms with Crippen molar-refractivity contribution in [2.24, 2.45) is 0 Å². The van der Waals surface area contributed by atoms with Gasteiger partial charge in [0.25, 0.3) is 0 Å². The molecular weight excluding hydrogens is 264 g/mol. The first-order valence-electron chi connectivity index (χ1n) is 7.63. The first-order chi connectivity index (χ1) is 10.3. The molecule has 3 rings (SSSR count). The minimum atomic E-state index is 0.612. The molecule has 2 heterocycles. The molecule has 1 aliphatic rings. The van der Waals surface area contributed by atoms with E-state index in [1.54, 1.807) is 0 Å². The highest BCUT2D eigenvalue weighted by atomic mass is 16.5. The van der Waals surface area contributed by atoms with Crippen LogP contribution in [0.5, 0.6) is 0 Å². The zero-order valence-corrected chi connectivity index (χ0v) is 12.5. The Morgan fingerprint density at radius 3 is 3.00 bits per heavy atom. The van der Waals surface area contributed by atoms with Crippen molar-refractivity contribution in [1.82, 2.24) is 20.4 Å². The molecule has 5 heteroatoms. The van der Waals surface area contributed by atoms with E-state index in [9.17, 15) is 0 Å². The van der Waals surface area contributed by atoms with Crippen LogP contribution in [0.25, 0.3) is 11.4 Å². The number of rotatable bonds is 5. The summed E-state index contributed by atoms with van der Waals surface area (Å²) >= 11 is 0. The summed E-state index contributed by atoms with van der Waals surface area (Å²) in [6.45, 7) is 3.25. The first-order valence-corrected chi connectivity index (χ1v) is 7.63. The number of piperidine rings is 1. The quantitative estimate of drug-likeness (QED) is 0.910. The van der Waals surface area contributed by atoms with Gasteiger partial charge in [-0.2, -0.15) is 4.98 Å². The van der Waals surface area contributed by atoms with Gasteiger partial charge in [-0.05, 0) is 26.4 Å². The second-order valence-electron chi connectivity index (χ2n) is 5.56. The lowest BCUT2D eigenvalue weighted by molar-refractivity contribution is 0.191. The van der Waals surface area contributed by atoms with Crippen LogP contribution in [0.15, 0.2) is 34.9 Å². The third kappa shape index (κ3) is 3.68. The van der Waals surface area contributed by atoms with Gasteiger partial charge in [0, 0.05) is 31.1 Å². The van der Waals surface area contributed by atoms with Gasteiger partial charge in [-0.25, -0.2) is 0 Å². The summed E-state index contributed by atoms with van der Waals surface area (Å²) in [6.07, 6.45) is 3.34. The summed E-state index contributed by atoms with van der Waals surface area (Å²) in [7, 11) is 2.04. The predicted octanol–water partition coefficient (Wildman–Crippen LogP) is 1.96. The minimum Gasteiger partial charge on any atom is -0.339 e. The number of likely N-dealkylation sites (N-methyl/N-ethyl adjacent to an activating group) is 1. The number of hydrogen-bond acceptors (Lipinski definition) is 5. The molecule has 0 radical (unpaired) electrons. The molecule has 1 aromatic carbocycles. The highest BCUT2D eigenvalue weighted by Gasteiger charge is 2.18. The van der Waals surface area contributed by atoms with Crippen molar-refractivity contribution >= 4 is 0 Å². The van der Waals surface area contributed by atoms with Gasteiger partial charge in [-0.15, -0.1) is 0 Å². The smallest absolute Gasteiger partial charge is 0.228 e. The molecule has 1 fully saturated rings. The van der Waals surface area contributed by atoms with Crippen LogP contribution in [0.2, 0.25) is 0 Å². The van der Waals surface area contributed by atoms with Crippen molar-refractivity contribution in [1.29, 1.82) is 0 Å². The van der Waals surface area contributed by atoms with Gasteiger partial charge in [0.1, 0.15) is 0 Å². The van der Waals surface area contributed by atoms with Gasteiger partial charge in [-0.3, -0.25) is 0 Å². The zero-order valence-electron chi connectivity index (χ0n) is 12.5. The second kappa shape index (κ2) is 6.83. The largest absolute Gasteiger partial charge is 0.339 e. The van der Waals surface area contributed by atoms with Gasteiger partial charge in [0.05, 0.1) is 0 Å². The number of nitrogens with one attached hydrogen (secondary N) is 1. The van der Waals surface area contributed by atoms with E-state index in [-0.39, 0.29) is 0 Å². The summed E-state index contributed by atoms with van der Waals surface area (Å²) in [6, 6.07) is 10.6. The standard InChI is InChI=1S/C16H22N4O/c1-17-14-8-5-10-20(12-14)11-9-15-18-16(19-21-15)13-6-3-2-4-7-13/h2-4,6-7,14,17H,5,8-12H2,1H3. The van der Waals surface area contributed by atoms with Gasteiger partial charge in [0.2, 0.25) is 11.7 Å². The molecule has 0 bridgehead atoms. The lowest BCUT2D eigenvalue weighted by atomic mass is 10.1. The summed E-state index contributed by atoms with van der Waals surface area (Å²) in [5.41, 5.74) is 1.00. The van der Waals surface area contributed by atoms with Crippen molar-refractivity contribution in [3.63, 3.8) is 0 Å². The number of benzene rings is 1. The Hall–Kier alpha value is -1.72. The summed E-state index contributed by atoms with van der Waals surface area (Å²) in [5.74, 6) is 1.40. The molecule has 1 aliphatic heterocycles. The molecule has 1 atom stereocenters. The number of nitrogens with zero attached hydrogens (tertiary/aromatic N) is 3. The van der Waals surface area contributed by atoms with Crippen molar-refractivity contribution in [3.05, 3.63) is 36.2 Å². The highest BCUT2D eigenvalue weighted by Crippen LogP contribution is 2.15. The van der Waals surface area contributed by atoms with Crippen molar-refractivity contribution in [2.75, 3.05) is 26.7 Å². The molecule has 112 valence electrons. The highest BCUT2D eigenvalue weighted by molar-refractivity contribution is 5.53. The fraction of sp³-hybridized carbons (Fsp3) is 0.500. The van der Waals surface area contributed by atoms with Gasteiger partial charge in [-0.1, -0.05) is 35.5 Å². The van der Waals surface area contributed by atoms with Gasteiger partial charge >= 0.3 is 0 Å². The van der Waals surface area contributed by atoms with Crippen LogP contribution in [0.3, 0.4) is 0 Å². The Morgan fingerprint density at radius 1 is 1.33 bits per heavy atom. The third-order valence-electron chi connectivity index (χ3n) is 4.06. The fourth-order valence-electron chi connectivity index (χ4n) is 2.81. The van der Waals surface area contributed by atoms with Crippen LogP contribution in [0.4, 0.5) is 0 Å². The second-order valence-corrected chi connectivity index (χ2v) is 5.56. The maximum Gasteiger partial charge on any atom is 0.228 e. The summed E-state index contributed by atoms with van der Waals surface area (Å²) < 4.78 is 5.36. The molecule has 1 N–H and O–H groups in total. The molecule has 0 amide bonds. The van der Waals surface area contributed by atoms with Gasteiger partial charge in [0.15, 0.2) is 0 Å². The Balaban J connectivity index is 1.55. The molecule has 0 spiro atoms.